The molecule has 1 heterocycles. The van der Waals surface area contributed by atoms with Crippen LogP contribution in [0.5, 0.6) is 0 Å². The van der Waals surface area contributed by atoms with Gasteiger partial charge in [0.15, 0.2) is 0 Å². The van der Waals surface area contributed by atoms with Crippen LogP contribution in [-0.2, 0) is 0 Å². The van der Waals surface area contributed by atoms with Gasteiger partial charge in [-0.3, -0.25) is 0 Å². The van der Waals surface area contributed by atoms with E-state index >= 15 is 0 Å². The Hall–Kier alpha value is 0.270. The zero-order valence-electron chi connectivity index (χ0n) is 4.35. The third kappa shape index (κ3) is 1.33. The van der Waals surface area contributed by atoms with Gasteiger partial charge in [-0.15, -0.1) is 11.8 Å². The van der Waals surface area contributed by atoms with Crippen molar-refractivity contribution >= 4 is 11.8 Å². The molecule has 0 aromatic carbocycles. The maximum Gasteiger partial charge on any atom is 0.0644 e. The molecule has 7 heavy (non-hydrogen) atoms. The average Bonchev–Trinajstić information content (AvgIpc) is 2.22. The minimum atomic E-state index is 0.424. The molecule has 2 atom stereocenters. The highest BCUT2D eigenvalue weighted by Gasteiger charge is 2.33. The van der Waals surface area contributed by atoms with Crippen LogP contribution in [0.2, 0.25) is 0 Å². The normalized spacial score (nSPS) is 38.6. The first kappa shape index (κ1) is 5.41. The Kier molecular flexibility index (Phi) is 1.57. The molecule has 2 nitrogen and oxygen atoms in total. The van der Waals surface area contributed by atoms with E-state index in [-0.39, 0.29) is 0 Å². The summed E-state index contributed by atoms with van der Waals surface area (Å²) in [7, 11) is 1.95. The fourth-order valence-electron chi connectivity index (χ4n) is 0.522. The van der Waals surface area contributed by atoms with Crippen molar-refractivity contribution < 1.29 is 0 Å². The van der Waals surface area contributed by atoms with Crippen LogP contribution in [0, 0.1) is 0 Å². The van der Waals surface area contributed by atoms with E-state index in [9.17, 15) is 0 Å². The SMILES string of the molecule is CNCC1SC1N. The molecular formula is C4H10N2S. The van der Waals surface area contributed by atoms with Gasteiger partial charge < -0.3 is 11.1 Å². The van der Waals surface area contributed by atoms with Gasteiger partial charge in [-0.1, -0.05) is 0 Å². The molecule has 0 aliphatic carbocycles. The molecule has 3 N–H and O–H groups in total. The Morgan fingerprint density at radius 1 is 1.86 bits per heavy atom. The predicted octanol–water partition coefficient (Wildman–Crippen LogP) is -0.394. The van der Waals surface area contributed by atoms with Gasteiger partial charge in [0, 0.05) is 11.8 Å². The lowest BCUT2D eigenvalue weighted by atomic mass is 10.4. The van der Waals surface area contributed by atoms with E-state index in [4.69, 9.17) is 5.73 Å². The maximum atomic E-state index is 5.48. The quantitative estimate of drug-likeness (QED) is 0.485. The third-order valence-electron chi connectivity index (χ3n) is 1.03. The molecule has 1 fully saturated rings. The van der Waals surface area contributed by atoms with E-state index < -0.39 is 0 Å². The van der Waals surface area contributed by atoms with Crippen molar-refractivity contribution in [2.24, 2.45) is 5.73 Å². The summed E-state index contributed by atoms with van der Waals surface area (Å²) in [5.74, 6) is 0. The van der Waals surface area contributed by atoms with Gasteiger partial charge >= 0.3 is 0 Å². The number of thioether (sulfide) groups is 1. The molecule has 0 aromatic rings. The summed E-state index contributed by atoms with van der Waals surface area (Å²) >= 11 is 1.83. The Bertz CT molecular complexity index is 66.7. The van der Waals surface area contributed by atoms with Crippen LogP contribution in [0.4, 0.5) is 0 Å². The van der Waals surface area contributed by atoms with Crippen molar-refractivity contribution in [3.8, 4) is 0 Å². The number of nitrogens with one attached hydrogen (secondary N) is 1. The lowest BCUT2D eigenvalue weighted by Crippen LogP contribution is -2.18. The Balaban J connectivity index is 1.98. The summed E-state index contributed by atoms with van der Waals surface area (Å²) in [6.07, 6.45) is 0. The molecule has 3 heteroatoms. The van der Waals surface area contributed by atoms with E-state index in [0.29, 0.717) is 10.6 Å². The fraction of sp³-hybridized carbons (Fsp3) is 1.00. The van der Waals surface area contributed by atoms with E-state index in [0.717, 1.165) is 6.54 Å². The molecule has 1 aliphatic heterocycles. The van der Waals surface area contributed by atoms with E-state index in [1.165, 1.54) is 0 Å². The Labute approximate surface area is 47.8 Å². The molecule has 2 unspecified atom stereocenters. The van der Waals surface area contributed by atoms with Crippen molar-refractivity contribution in [2.45, 2.75) is 10.6 Å². The molecule has 0 bridgehead atoms. The van der Waals surface area contributed by atoms with Gasteiger partial charge in [0.25, 0.3) is 0 Å². The molecule has 1 rings (SSSR count). The largest absolute Gasteiger partial charge is 0.319 e. The van der Waals surface area contributed by atoms with Crippen LogP contribution < -0.4 is 11.1 Å². The number of hydrogen-bond acceptors (Lipinski definition) is 3. The van der Waals surface area contributed by atoms with Crippen molar-refractivity contribution in [1.29, 1.82) is 0 Å². The summed E-state index contributed by atoms with van der Waals surface area (Å²) in [5, 5.41) is 4.18. The lowest BCUT2D eigenvalue weighted by Gasteiger charge is -1.88. The molecule has 0 aromatic heterocycles. The molecule has 1 saturated heterocycles. The maximum absolute atomic E-state index is 5.48. The van der Waals surface area contributed by atoms with Gasteiger partial charge in [-0.2, -0.15) is 0 Å². The van der Waals surface area contributed by atoms with Gasteiger partial charge in [0.05, 0.1) is 5.37 Å². The van der Waals surface area contributed by atoms with Crippen LogP contribution in [-0.4, -0.2) is 24.2 Å². The highest BCUT2D eigenvalue weighted by molar-refractivity contribution is 8.07. The highest BCUT2D eigenvalue weighted by Crippen LogP contribution is 2.35. The van der Waals surface area contributed by atoms with Gasteiger partial charge in [-0.25, -0.2) is 0 Å². The standard InChI is InChI=1S/C4H10N2S/c1-6-2-3-4(5)7-3/h3-4,6H,2,5H2,1H3. The topological polar surface area (TPSA) is 38.0 Å². The minimum absolute atomic E-state index is 0.424. The zero-order valence-corrected chi connectivity index (χ0v) is 5.16. The molecule has 0 saturated carbocycles. The van der Waals surface area contributed by atoms with Crippen molar-refractivity contribution in [2.75, 3.05) is 13.6 Å². The molecule has 42 valence electrons. The van der Waals surface area contributed by atoms with Crippen molar-refractivity contribution in [1.82, 2.24) is 5.32 Å². The van der Waals surface area contributed by atoms with Crippen LogP contribution in [0.3, 0.4) is 0 Å². The van der Waals surface area contributed by atoms with Crippen LogP contribution >= 0.6 is 11.8 Å². The Morgan fingerprint density at radius 3 is 2.57 bits per heavy atom. The molecule has 0 spiro atoms. The molecule has 1 aliphatic rings. The molecule has 0 radical (unpaired) electrons. The number of nitrogens with two attached hydrogens (primary N) is 1. The average molecular weight is 118 g/mol. The first-order valence-electron chi connectivity index (χ1n) is 2.40. The number of rotatable bonds is 2. The second kappa shape index (κ2) is 2.03. The van der Waals surface area contributed by atoms with Crippen molar-refractivity contribution in [3.63, 3.8) is 0 Å². The third-order valence-corrected chi connectivity index (χ3v) is 2.17. The summed E-state index contributed by atoms with van der Waals surface area (Å²) in [4.78, 5) is 0. The summed E-state index contributed by atoms with van der Waals surface area (Å²) in [5.41, 5.74) is 5.48. The van der Waals surface area contributed by atoms with Crippen LogP contribution in [0.25, 0.3) is 0 Å². The summed E-state index contributed by atoms with van der Waals surface area (Å²) in [6.45, 7) is 1.06. The van der Waals surface area contributed by atoms with Crippen molar-refractivity contribution in [3.05, 3.63) is 0 Å². The monoisotopic (exact) mass is 118 g/mol. The van der Waals surface area contributed by atoms with E-state index in [2.05, 4.69) is 5.32 Å². The smallest absolute Gasteiger partial charge is 0.0644 e. The Morgan fingerprint density at radius 2 is 2.43 bits per heavy atom. The predicted molar refractivity (Wildman–Crippen MR) is 33.3 cm³/mol. The van der Waals surface area contributed by atoms with Gasteiger partial charge in [0.1, 0.15) is 0 Å². The first-order chi connectivity index (χ1) is 3.34. The van der Waals surface area contributed by atoms with E-state index in [1.54, 1.807) is 0 Å². The molecular weight excluding hydrogens is 108 g/mol. The molecule has 0 amide bonds. The van der Waals surface area contributed by atoms with E-state index in [1.807, 2.05) is 18.8 Å². The second-order valence-corrected chi connectivity index (χ2v) is 3.12. The van der Waals surface area contributed by atoms with Crippen LogP contribution in [0.15, 0.2) is 0 Å². The lowest BCUT2D eigenvalue weighted by molar-refractivity contribution is 0.776. The fourth-order valence-corrected chi connectivity index (χ4v) is 1.19. The highest BCUT2D eigenvalue weighted by atomic mass is 32.2. The second-order valence-electron chi connectivity index (χ2n) is 1.70. The number of hydrogen-bond donors (Lipinski definition) is 2. The first-order valence-corrected chi connectivity index (χ1v) is 3.34. The zero-order chi connectivity index (χ0) is 5.28. The van der Waals surface area contributed by atoms with Gasteiger partial charge in [-0.05, 0) is 7.05 Å². The van der Waals surface area contributed by atoms with Crippen LogP contribution in [0.1, 0.15) is 0 Å². The van der Waals surface area contributed by atoms with Gasteiger partial charge in [0.2, 0.25) is 0 Å². The minimum Gasteiger partial charge on any atom is -0.319 e. The summed E-state index contributed by atoms with van der Waals surface area (Å²) in [6, 6.07) is 0. The summed E-state index contributed by atoms with van der Waals surface area (Å²) < 4.78 is 0.